The Morgan fingerprint density at radius 3 is 2.52 bits per heavy atom. The van der Waals surface area contributed by atoms with Crippen LogP contribution in [0.1, 0.15) is 50.5 Å². The quantitative estimate of drug-likeness (QED) is 0.753. The van der Waals surface area contributed by atoms with E-state index in [1.54, 1.807) is 0 Å². The summed E-state index contributed by atoms with van der Waals surface area (Å²) in [7, 11) is 0. The summed E-state index contributed by atoms with van der Waals surface area (Å²) in [5.74, 6) is 0.534. The Bertz CT molecular complexity index is 424. The van der Waals surface area contributed by atoms with E-state index in [0.717, 1.165) is 45.2 Å². The van der Waals surface area contributed by atoms with Crippen molar-refractivity contribution in [2.45, 2.75) is 44.9 Å². The third kappa shape index (κ3) is 5.16. The molecule has 1 fully saturated rings. The standard InChI is InChI=1S/C18H27NO2/c1-14(16-5-3-2-4-6-16)11-12-19-13-15-7-9-17(10-8-15)18(20)21/h2-6,14-15,17,19H,7-13H2,1H3,(H,20,21). The molecule has 1 saturated carbocycles. The van der Waals surface area contributed by atoms with Gasteiger partial charge in [-0.05, 0) is 62.6 Å². The van der Waals surface area contributed by atoms with Gasteiger partial charge in [0, 0.05) is 0 Å². The zero-order valence-corrected chi connectivity index (χ0v) is 12.9. The van der Waals surface area contributed by atoms with Gasteiger partial charge in [-0.15, -0.1) is 0 Å². The maximum Gasteiger partial charge on any atom is 0.306 e. The van der Waals surface area contributed by atoms with Crippen LogP contribution in [0.3, 0.4) is 0 Å². The molecule has 1 aliphatic rings. The maximum atomic E-state index is 10.9. The molecule has 0 radical (unpaired) electrons. The highest BCUT2D eigenvalue weighted by atomic mass is 16.4. The minimum atomic E-state index is -0.613. The second kappa shape index (κ2) is 8.18. The molecule has 1 atom stereocenters. The Morgan fingerprint density at radius 1 is 1.24 bits per heavy atom. The molecule has 2 rings (SSSR count). The third-order valence-corrected chi connectivity index (χ3v) is 4.75. The molecule has 1 unspecified atom stereocenters. The van der Waals surface area contributed by atoms with E-state index in [1.165, 1.54) is 5.56 Å². The second-order valence-electron chi connectivity index (χ2n) is 6.36. The molecule has 21 heavy (non-hydrogen) atoms. The number of benzene rings is 1. The van der Waals surface area contributed by atoms with Crippen molar-refractivity contribution in [1.29, 1.82) is 0 Å². The van der Waals surface area contributed by atoms with Crippen LogP contribution < -0.4 is 5.32 Å². The summed E-state index contributed by atoms with van der Waals surface area (Å²) in [6.07, 6.45) is 4.95. The molecule has 1 aromatic carbocycles. The molecule has 0 aliphatic heterocycles. The van der Waals surface area contributed by atoms with Gasteiger partial charge in [-0.2, -0.15) is 0 Å². The zero-order chi connectivity index (χ0) is 15.1. The molecule has 2 N–H and O–H groups in total. The van der Waals surface area contributed by atoms with Crippen LogP contribution in [0, 0.1) is 11.8 Å². The van der Waals surface area contributed by atoms with Gasteiger partial charge in [0.2, 0.25) is 0 Å². The molecule has 3 nitrogen and oxygen atoms in total. The van der Waals surface area contributed by atoms with Crippen molar-refractivity contribution in [2.24, 2.45) is 11.8 Å². The van der Waals surface area contributed by atoms with Crippen LogP contribution in [0.5, 0.6) is 0 Å². The lowest BCUT2D eigenvalue weighted by atomic mass is 9.82. The number of hydrogen-bond acceptors (Lipinski definition) is 2. The van der Waals surface area contributed by atoms with Gasteiger partial charge in [0.15, 0.2) is 0 Å². The van der Waals surface area contributed by atoms with Gasteiger partial charge in [-0.3, -0.25) is 4.79 Å². The van der Waals surface area contributed by atoms with Gasteiger partial charge in [-0.25, -0.2) is 0 Å². The highest BCUT2D eigenvalue weighted by Gasteiger charge is 2.25. The van der Waals surface area contributed by atoms with Gasteiger partial charge in [0.1, 0.15) is 0 Å². The first-order chi connectivity index (χ1) is 10.2. The summed E-state index contributed by atoms with van der Waals surface area (Å²) in [5, 5.41) is 12.5. The largest absolute Gasteiger partial charge is 0.481 e. The SMILES string of the molecule is CC(CCNCC1CCC(C(=O)O)CC1)c1ccccc1. The number of aliphatic carboxylic acids is 1. The van der Waals surface area contributed by atoms with E-state index in [1.807, 2.05) is 0 Å². The van der Waals surface area contributed by atoms with E-state index >= 15 is 0 Å². The number of carboxylic acid groups (broad SMARTS) is 1. The van der Waals surface area contributed by atoms with Gasteiger partial charge in [0.25, 0.3) is 0 Å². The third-order valence-electron chi connectivity index (χ3n) is 4.75. The van der Waals surface area contributed by atoms with E-state index in [-0.39, 0.29) is 5.92 Å². The highest BCUT2D eigenvalue weighted by Crippen LogP contribution is 2.28. The summed E-state index contributed by atoms with van der Waals surface area (Å²) in [6, 6.07) is 10.6. The van der Waals surface area contributed by atoms with Crippen molar-refractivity contribution in [3.8, 4) is 0 Å². The van der Waals surface area contributed by atoms with Crippen LogP contribution >= 0.6 is 0 Å². The Balaban J connectivity index is 1.59. The molecule has 1 aromatic rings. The van der Waals surface area contributed by atoms with E-state index < -0.39 is 5.97 Å². The van der Waals surface area contributed by atoms with E-state index in [2.05, 4.69) is 42.6 Å². The first kappa shape index (κ1) is 16.0. The first-order valence-electron chi connectivity index (χ1n) is 8.15. The topological polar surface area (TPSA) is 49.3 Å². The number of carboxylic acids is 1. The molecular weight excluding hydrogens is 262 g/mol. The zero-order valence-electron chi connectivity index (χ0n) is 12.9. The Morgan fingerprint density at radius 2 is 1.90 bits per heavy atom. The highest BCUT2D eigenvalue weighted by molar-refractivity contribution is 5.69. The Labute approximate surface area is 127 Å². The lowest BCUT2D eigenvalue weighted by molar-refractivity contribution is -0.143. The molecule has 3 heteroatoms. The lowest BCUT2D eigenvalue weighted by Gasteiger charge is -2.26. The number of hydrogen-bond donors (Lipinski definition) is 2. The van der Waals surface area contributed by atoms with Crippen molar-refractivity contribution in [3.05, 3.63) is 35.9 Å². The Kier molecular flexibility index (Phi) is 6.24. The molecule has 0 amide bonds. The minimum Gasteiger partial charge on any atom is -0.481 e. The molecule has 0 bridgehead atoms. The van der Waals surface area contributed by atoms with E-state index in [0.29, 0.717) is 11.8 Å². The number of rotatable bonds is 7. The van der Waals surface area contributed by atoms with E-state index in [4.69, 9.17) is 5.11 Å². The summed E-state index contributed by atoms with van der Waals surface area (Å²) in [6.45, 7) is 4.35. The lowest BCUT2D eigenvalue weighted by Crippen LogP contribution is -2.29. The van der Waals surface area contributed by atoms with Crippen LogP contribution in [0.4, 0.5) is 0 Å². The van der Waals surface area contributed by atoms with Crippen molar-refractivity contribution in [3.63, 3.8) is 0 Å². The van der Waals surface area contributed by atoms with Crippen molar-refractivity contribution >= 4 is 5.97 Å². The van der Waals surface area contributed by atoms with Crippen LogP contribution in [-0.2, 0) is 4.79 Å². The van der Waals surface area contributed by atoms with Crippen LogP contribution in [0.2, 0.25) is 0 Å². The molecule has 0 spiro atoms. The second-order valence-corrected chi connectivity index (χ2v) is 6.36. The van der Waals surface area contributed by atoms with Crippen molar-refractivity contribution in [2.75, 3.05) is 13.1 Å². The van der Waals surface area contributed by atoms with Gasteiger partial charge < -0.3 is 10.4 Å². The van der Waals surface area contributed by atoms with Gasteiger partial charge >= 0.3 is 5.97 Å². The predicted octanol–water partition coefficient (Wildman–Crippen LogP) is 3.66. The van der Waals surface area contributed by atoms with Gasteiger partial charge in [-0.1, -0.05) is 37.3 Å². The van der Waals surface area contributed by atoms with E-state index in [9.17, 15) is 4.79 Å². The van der Waals surface area contributed by atoms with Crippen LogP contribution in [0.15, 0.2) is 30.3 Å². The smallest absolute Gasteiger partial charge is 0.306 e. The van der Waals surface area contributed by atoms with Crippen LogP contribution in [0.25, 0.3) is 0 Å². The van der Waals surface area contributed by atoms with Crippen molar-refractivity contribution < 1.29 is 9.90 Å². The molecule has 1 aliphatic carbocycles. The maximum absolute atomic E-state index is 10.9. The van der Waals surface area contributed by atoms with Crippen molar-refractivity contribution in [1.82, 2.24) is 5.32 Å². The summed E-state index contributed by atoms with van der Waals surface area (Å²) < 4.78 is 0. The monoisotopic (exact) mass is 289 g/mol. The number of carbonyl (C=O) groups is 1. The first-order valence-corrected chi connectivity index (χ1v) is 8.15. The van der Waals surface area contributed by atoms with Gasteiger partial charge in [0.05, 0.1) is 5.92 Å². The minimum absolute atomic E-state index is 0.0978. The summed E-state index contributed by atoms with van der Waals surface area (Å²) in [4.78, 5) is 10.9. The normalized spacial score (nSPS) is 23.7. The Hall–Kier alpha value is -1.35. The molecule has 116 valence electrons. The summed E-state index contributed by atoms with van der Waals surface area (Å²) in [5.41, 5.74) is 1.40. The average Bonchev–Trinajstić information content (AvgIpc) is 2.52. The predicted molar refractivity (Wildman–Crippen MR) is 85.4 cm³/mol. The number of nitrogens with one attached hydrogen (secondary N) is 1. The molecule has 0 aromatic heterocycles. The molecular formula is C18H27NO2. The summed E-state index contributed by atoms with van der Waals surface area (Å²) >= 11 is 0. The van der Waals surface area contributed by atoms with Crippen LogP contribution in [-0.4, -0.2) is 24.2 Å². The molecule has 0 saturated heterocycles. The fourth-order valence-corrected chi connectivity index (χ4v) is 3.19. The fraction of sp³-hybridized carbons (Fsp3) is 0.611. The average molecular weight is 289 g/mol. The fourth-order valence-electron chi connectivity index (χ4n) is 3.19. The molecule has 0 heterocycles.